The number of hydrogen-bond donors (Lipinski definition) is 3. The Labute approximate surface area is 75.7 Å². The first-order valence-electron chi connectivity index (χ1n) is 3.74. The van der Waals surface area contributed by atoms with Gasteiger partial charge >= 0.3 is 0 Å². The van der Waals surface area contributed by atoms with Gasteiger partial charge in [0.15, 0.2) is 5.83 Å². The summed E-state index contributed by atoms with van der Waals surface area (Å²) in [5.74, 6) is -0.521. The van der Waals surface area contributed by atoms with Crippen LogP contribution >= 0.6 is 0 Å². The topological polar surface area (TPSA) is 62.4 Å². The number of nitrogens with one attached hydrogen (secondary N) is 2. The van der Waals surface area contributed by atoms with E-state index in [0.29, 0.717) is 5.70 Å². The fourth-order valence-electron chi connectivity index (χ4n) is 0.652. The molecular weight excluding hydrogens is 171 g/mol. The minimum atomic E-state index is -0.521. The van der Waals surface area contributed by atoms with Gasteiger partial charge in [0.05, 0.1) is 11.9 Å². The van der Waals surface area contributed by atoms with E-state index in [-0.39, 0.29) is 5.70 Å². The summed E-state index contributed by atoms with van der Waals surface area (Å²) in [6.45, 7) is 1.48. The van der Waals surface area contributed by atoms with E-state index in [1.54, 1.807) is 18.5 Å². The summed E-state index contributed by atoms with van der Waals surface area (Å²) in [5, 5.41) is 0. The van der Waals surface area contributed by atoms with Crippen LogP contribution in [-0.4, -0.2) is 6.21 Å². The van der Waals surface area contributed by atoms with Gasteiger partial charge in [-0.25, -0.2) is 4.39 Å². The Hall–Kier alpha value is -1.78. The number of halogens is 1. The second kappa shape index (κ2) is 4.30. The summed E-state index contributed by atoms with van der Waals surface area (Å²) in [6.07, 6.45) is 6.05. The Balaban J connectivity index is 2.63. The summed E-state index contributed by atoms with van der Waals surface area (Å²) in [7, 11) is 0. The molecule has 5 heteroatoms. The third-order valence-electron chi connectivity index (χ3n) is 1.34. The molecule has 0 saturated heterocycles. The molecule has 0 amide bonds. The molecule has 0 saturated carbocycles. The number of allylic oxidation sites excluding steroid dienone is 3. The maximum Gasteiger partial charge on any atom is 0.159 e. The fourth-order valence-corrected chi connectivity index (χ4v) is 0.652. The van der Waals surface area contributed by atoms with Gasteiger partial charge in [0.1, 0.15) is 0 Å². The molecule has 1 heterocycles. The maximum absolute atomic E-state index is 12.8. The molecule has 0 atom stereocenters. The fraction of sp³-hybridized carbons (Fsp3) is 0.125. The lowest BCUT2D eigenvalue weighted by Crippen LogP contribution is -2.23. The molecule has 1 aliphatic heterocycles. The lowest BCUT2D eigenvalue weighted by atomic mass is 10.4. The van der Waals surface area contributed by atoms with Gasteiger partial charge < -0.3 is 16.6 Å². The zero-order chi connectivity index (χ0) is 9.68. The SMILES string of the molecule is CC(N)=C(F)C=NC1=CNNC=C1. The minimum absolute atomic E-state index is 0.121. The molecule has 0 bridgehead atoms. The van der Waals surface area contributed by atoms with Crippen molar-refractivity contribution in [3.63, 3.8) is 0 Å². The van der Waals surface area contributed by atoms with Crippen LogP contribution < -0.4 is 16.6 Å². The highest BCUT2D eigenvalue weighted by Gasteiger charge is 1.94. The van der Waals surface area contributed by atoms with Crippen molar-refractivity contribution in [1.82, 2.24) is 10.9 Å². The Kier molecular flexibility index (Phi) is 3.08. The molecule has 0 radical (unpaired) electrons. The van der Waals surface area contributed by atoms with E-state index < -0.39 is 5.83 Å². The largest absolute Gasteiger partial charge is 0.400 e. The van der Waals surface area contributed by atoms with Gasteiger partial charge in [-0.05, 0) is 13.0 Å². The van der Waals surface area contributed by atoms with Crippen LogP contribution in [0.3, 0.4) is 0 Å². The molecule has 4 nitrogen and oxygen atoms in total. The van der Waals surface area contributed by atoms with Crippen LogP contribution in [0.4, 0.5) is 4.39 Å². The van der Waals surface area contributed by atoms with Gasteiger partial charge in [0, 0.05) is 18.1 Å². The Morgan fingerprint density at radius 2 is 2.38 bits per heavy atom. The first kappa shape index (κ1) is 9.31. The van der Waals surface area contributed by atoms with Crippen LogP contribution in [0.1, 0.15) is 6.92 Å². The third kappa shape index (κ3) is 2.98. The van der Waals surface area contributed by atoms with Gasteiger partial charge in [0.2, 0.25) is 0 Å². The molecular formula is C8H11FN4. The van der Waals surface area contributed by atoms with Gasteiger partial charge in [-0.3, -0.25) is 4.99 Å². The van der Waals surface area contributed by atoms with Gasteiger partial charge in [-0.1, -0.05) is 0 Å². The molecule has 1 aliphatic rings. The van der Waals surface area contributed by atoms with Crippen LogP contribution in [-0.2, 0) is 0 Å². The number of nitrogens with two attached hydrogens (primary N) is 1. The molecule has 1 rings (SSSR count). The summed E-state index contributed by atoms with van der Waals surface area (Å²) >= 11 is 0. The van der Waals surface area contributed by atoms with Gasteiger partial charge in [0.25, 0.3) is 0 Å². The normalized spacial score (nSPS) is 17.5. The average Bonchev–Trinajstić information content (AvgIpc) is 2.15. The lowest BCUT2D eigenvalue weighted by molar-refractivity contribution is 0.671. The van der Waals surface area contributed by atoms with Crippen LogP contribution in [0.25, 0.3) is 0 Å². The van der Waals surface area contributed by atoms with Crippen molar-refractivity contribution in [3.05, 3.63) is 35.7 Å². The molecule has 13 heavy (non-hydrogen) atoms. The number of hydrazine groups is 1. The Morgan fingerprint density at radius 1 is 1.62 bits per heavy atom. The van der Waals surface area contributed by atoms with E-state index in [4.69, 9.17) is 5.73 Å². The van der Waals surface area contributed by atoms with E-state index >= 15 is 0 Å². The van der Waals surface area contributed by atoms with Crippen LogP contribution in [0.15, 0.2) is 40.7 Å². The highest BCUT2D eigenvalue weighted by molar-refractivity contribution is 5.77. The van der Waals surface area contributed by atoms with E-state index in [0.717, 1.165) is 6.21 Å². The van der Waals surface area contributed by atoms with E-state index in [2.05, 4.69) is 15.8 Å². The van der Waals surface area contributed by atoms with E-state index in [1.807, 2.05) is 0 Å². The maximum atomic E-state index is 12.8. The quantitative estimate of drug-likeness (QED) is 0.550. The Morgan fingerprint density at radius 3 is 2.92 bits per heavy atom. The molecule has 0 spiro atoms. The summed E-state index contributed by atoms with van der Waals surface area (Å²) in [6, 6.07) is 0. The second-order valence-electron chi connectivity index (χ2n) is 2.48. The molecule has 0 aromatic carbocycles. The van der Waals surface area contributed by atoms with E-state index in [1.165, 1.54) is 6.92 Å². The van der Waals surface area contributed by atoms with Crippen molar-refractivity contribution in [2.24, 2.45) is 10.7 Å². The van der Waals surface area contributed by atoms with Crippen LogP contribution in [0, 0.1) is 0 Å². The summed E-state index contributed by atoms with van der Waals surface area (Å²) in [5.41, 5.74) is 11.4. The zero-order valence-electron chi connectivity index (χ0n) is 7.21. The first-order chi connectivity index (χ1) is 6.20. The van der Waals surface area contributed by atoms with Crippen molar-refractivity contribution in [2.75, 3.05) is 0 Å². The number of rotatable bonds is 2. The minimum Gasteiger partial charge on any atom is -0.400 e. The van der Waals surface area contributed by atoms with Crippen molar-refractivity contribution < 1.29 is 4.39 Å². The third-order valence-corrected chi connectivity index (χ3v) is 1.34. The number of nitrogens with zero attached hydrogens (tertiary/aromatic N) is 1. The molecule has 0 aromatic heterocycles. The lowest BCUT2D eigenvalue weighted by Gasteiger charge is -2.05. The predicted octanol–water partition coefficient (Wildman–Crippen LogP) is 0.680. The molecule has 0 unspecified atom stereocenters. The monoisotopic (exact) mass is 182 g/mol. The smallest absolute Gasteiger partial charge is 0.159 e. The molecule has 0 aliphatic carbocycles. The Bertz CT molecular complexity index is 297. The van der Waals surface area contributed by atoms with Crippen LogP contribution in [0.5, 0.6) is 0 Å². The standard InChI is InChI=1S/C8H11FN4/c1-6(10)8(9)5-11-7-2-3-12-13-4-7/h2-5,12-13H,10H2,1H3. The predicted molar refractivity (Wildman–Crippen MR) is 50.0 cm³/mol. The van der Waals surface area contributed by atoms with E-state index in [9.17, 15) is 4.39 Å². The molecule has 0 aromatic rings. The van der Waals surface area contributed by atoms with Crippen molar-refractivity contribution in [2.45, 2.75) is 6.92 Å². The van der Waals surface area contributed by atoms with Crippen molar-refractivity contribution >= 4 is 6.21 Å². The summed E-state index contributed by atoms with van der Waals surface area (Å²) in [4.78, 5) is 3.84. The zero-order valence-corrected chi connectivity index (χ0v) is 7.21. The highest BCUT2D eigenvalue weighted by Crippen LogP contribution is 2.02. The van der Waals surface area contributed by atoms with Gasteiger partial charge in [-0.2, -0.15) is 0 Å². The van der Waals surface area contributed by atoms with Crippen LogP contribution in [0.2, 0.25) is 0 Å². The van der Waals surface area contributed by atoms with Crippen molar-refractivity contribution in [3.8, 4) is 0 Å². The number of hydrogen-bond acceptors (Lipinski definition) is 4. The molecule has 4 N–H and O–H groups in total. The summed E-state index contributed by atoms with van der Waals surface area (Å²) < 4.78 is 12.8. The number of aliphatic imine (C=N–C) groups is 1. The average molecular weight is 182 g/mol. The van der Waals surface area contributed by atoms with Crippen molar-refractivity contribution in [1.29, 1.82) is 0 Å². The first-order valence-corrected chi connectivity index (χ1v) is 3.74. The van der Waals surface area contributed by atoms with Gasteiger partial charge in [-0.15, -0.1) is 0 Å². The molecule has 0 fully saturated rings. The second-order valence-corrected chi connectivity index (χ2v) is 2.48. The molecule has 70 valence electrons. The highest BCUT2D eigenvalue weighted by atomic mass is 19.1.